The molecule has 0 spiro atoms. The summed E-state index contributed by atoms with van der Waals surface area (Å²) in [6.07, 6.45) is 26.4. The fraction of sp³-hybridized carbons (Fsp3) is 0.0769. The van der Waals surface area contributed by atoms with Crippen LogP contribution in [0.1, 0.15) is 12.5 Å². The Hall–Kier alpha value is -0.357. The van der Waals surface area contributed by atoms with Gasteiger partial charge in [-0.15, -0.1) is 0 Å². The Labute approximate surface area is 194 Å². The van der Waals surface area contributed by atoms with Gasteiger partial charge in [-0.25, -0.2) is 0 Å². The average molecular weight is 495 g/mol. The summed E-state index contributed by atoms with van der Waals surface area (Å²) in [5.41, 5.74) is 1.13. The van der Waals surface area contributed by atoms with Crippen LogP contribution in [0.25, 0.3) is 0 Å². The summed E-state index contributed by atoms with van der Waals surface area (Å²) >= 11 is -0.826. The normalized spacial score (nSPS) is 24.7. The van der Waals surface area contributed by atoms with E-state index < -0.39 is 20.8 Å². The predicted molar refractivity (Wildman–Crippen MR) is 119 cm³/mol. The Morgan fingerprint density at radius 1 is 0.690 bits per heavy atom. The Balaban J connectivity index is 0.000000645. The maximum atomic E-state index is 4.93. The molecule has 29 heavy (non-hydrogen) atoms. The van der Waals surface area contributed by atoms with Crippen LogP contribution in [0.5, 0.6) is 0 Å². The van der Waals surface area contributed by atoms with Gasteiger partial charge in [0, 0.05) is 35.0 Å². The van der Waals surface area contributed by atoms with Crippen molar-refractivity contribution in [1.29, 1.82) is 0 Å². The van der Waals surface area contributed by atoms with E-state index in [0.717, 1.165) is 0 Å². The monoisotopic (exact) mass is 492 g/mol. The van der Waals surface area contributed by atoms with Gasteiger partial charge < -0.3 is 0 Å². The van der Waals surface area contributed by atoms with Crippen LogP contribution in [0.2, 0.25) is 0 Å². The molecule has 4 aliphatic rings. The minimum absolute atomic E-state index is 0.201. The Morgan fingerprint density at radius 3 is 1.62 bits per heavy atom. The van der Waals surface area contributed by atoms with Gasteiger partial charge in [0.15, 0.2) is 0 Å². The van der Waals surface area contributed by atoms with Crippen molar-refractivity contribution in [2.45, 2.75) is 12.3 Å². The number of rotatable bonds is 3. The molecule has 10 radical (unpaired) electrons. The van der Waals surface area contributed by atoms with Gasteiger partial charge in [-0.3, -0.25) is 0 Å². The van der Waals surface area contributed by atoms with Crippen molar-refractivity contribution >= 4 is 17.0 Å². The van der Waals surface area contributed by atoms with Gasteiger partial charge in [0.1, 0.15) is 0 Å². The van der Waals surface area contributed by atoms with Crippen LogP contribution < -0.4 is 0 Å². The zero-order valence-corrected chi connectivity index (χ0v) is 20.0. The molecule has 0 aliphatic heterocycles. The fourth-order valence-electron chi connectivity index (χ4n) is 4.49. The fourth-order valence-corrected chi connectivity index (χ4v) is 4.49. The van der Waals surface area contributed by atoms with Gasteiger partial charge >= 0.3 is 37.9 Å². The first kappa shape index (κ1) is 21.9. The second-order valence-corrected chi connectivity index (χ2v) is 10.9. The summed E-state index contributed by atoms with van der Waals surface area (Å²) in [5, 5.41) is 0. The first-order valence-electron chi connectivity index (χ1n) is 9.52. The summed E-state index contributed by atoms with van der Waals surface area (Å²) in [4.78, 5) is 0. The van der Waals surface area contributed by atoms with E-state index in [9.17, 15) is 0 Å². The van der Waals surface area contributed by atoms with Crippen LogP contribution in [0.3, 0.4) is 0 Å². The first-order chi connectivity index (χ1) is 14.2. The van der Waals surface area contributed by atoms with Crippen LogP contribution >= 0.6 is 17.0 Å². The quantitative estimate of drug-likeness (QED) is 0.431. The number of fused-ring (bicyclic) bond motifs is 3. The summed E-state index contributed by atoms with van der Waals surface area (Å²) in [6.45, 7) is 2.37. The SMILES string of the molecule is CC([C]1[CH][CH][CH][CH]1)([C]1[C]2C=CC=C[C]2[C]2C=CC=C[C]21)c1ccccc1.[Cl][Zr+2][Cl]. The average Bonchev–Trinajstić information content (AvgIpc) is 3.42. The summed E-state index contributed by atoms with van der Waals surface area (Å²) in [6, 6.07) is 10.9. The third-order valence-corrected chi connectivity index (χ3v) is 5.77. The van der Waals surface area contributed by atoms with E-state index in [2.05, 4.69) is 112 Å². The molecule has 0 aromatic heterocycles. The van der Waals surface area contributed by atoms with Crippen molar-refractivity contribution in [3.8, 4) is 0 Å². The van der Waals surface area contributed by atoms with Crippen LogP contribution in [0.15, 0.2) is 78.9 Å². The number of hydrogen-bond donors (Lipinski definition) is 0. The van der Waals surface area contributed by atoms with E-state index in [-0.39, 0.29) is 5.41 Å². The molecule has 0 N–H and O–H groups in total. The predicted octanol–water partition coefficient (Wildman–Crippen LogP) is 6.86. The summed E-state index contributed by atoms with van der Waals surface area (Å²) in [5.74, 6) is 8.12. The molecule has 3 heteroatoms. The molecule has 2 fully saturated rings. The molecule has 0 bridgehead atoms. The number of hydrogen-bond acceptors (Lipinski definition) is 0. The Bertz CT molecular complexity index is 756. The third kappa shape index (κ3) is 4.09. The van der Waals surface area contributed by atoms with Crippen LogP contribution in [0.4, 0.5) is 0 Å². The van der Waals surface area contributed by atoms with Crippen LogP contribution in [-0.4, -0.2) is 0 Å². The summed E-state index contributed by atoms with van der Waals surface area (Å²) < 4.78 is 0. The van der Waals surface area contributed by atoms with E-state index in [1.165, 1.54) is 41.1 Å². The van der Waals surface area contributed by atoms with E-state index >= 15 is 0 Å². The molecule has 0 nitrogen and oxygen atoms in total. The summed E-state index contributed by atoms with van der Waals surface area (Å²) in [7, 11) is 9.87. The molecule has 4 aliphatic carbocycles. The number of benzene rings is 1. The van der Waals surface area contributed by atoms with Gasteiger partial charge in [0.05, 0.1) is 0 Å². The van der Waals surface area contributed by atoms with Gasteiger partial charge in [0.25, 0.3) is 0 Å². The van der Waals surface area contributed by atoms with Crippen molar-refractivity contribution in [3.05, 3.63) is 146 Å². The second-order valence-electron chi connectivity index (χ2n) is 7.20. The molecular weight excluding hydrogens is 474 g/mol. The Morgan fingerprint density at radius 2 is 1.14 bits per heavy atom. The maximum absolute atomic E-state index is 4.93. The van der Waals surface area contributed by atoms with Crippen LogP contribution in [0, 0.1) is 61.2 Å². The van der Waals surface area contributed by atoms with Gasteiger partial charge in [-0.2, -0.15) is 0 Å². The van der Waals surface area contributed by atoms with Crippen molar-refractivity contribution < 1.29 is 20.8 Å². The molecule has 0 heterocycles. The first-order valence-corrected chi connectivity index (χ1v) is 15.9. The van der Waals surface area contributed by atoms with Crippen molar-refractivity contribution in [3.63, 3.8) is 0 Å². The molecule has 1 unspecified atom stereocenters. The number of halogens is 2. The zero-order chi connectivity index (χ0) is 20.3. The molecule has 0 amide bonds. The van der Waals surface area contributed by atoms with Crippen LogP contribution in [-0.2, 0) is 26.3 Å². The van der Waals surface area contributed by atoms with E-state index in [0.29, 0.717) is 0 Å². The third-order valence-electron chi connectivity index (χ3n) is 5.77. The standard InChI is InChI=1S/C26H20.2ClH.Zr/c1-26(20-13-5-6-14-20,19-11-3-2-4-12-19)25-23-17-9-7-15-21(23)22-16-8-10-18-24(22)25;;;/h2-18H,1H3;2*1H;/q;;;+4/p-2. The van der Waals surface area contributed by atoms with Crippen molar-refractivity contribution in [2.75, 3.05) is 0 Å². The molecule has 2 saturated carbocycles. The van der Waals surface area contributed by atoms with E-state index in [4.69, 9.17) is 17.0 Å². The topological polar surface area (TPSA) is 0 Å². The zero-order valence-electron chi connectivity index (χ0n) is 16.1. The molecule has 1 aromatic carbocycles. The molecule has 1 atom stereocenters. The molecule has 1 aromatic rings. The second kappa shape index (κ2) is 9.85. The van der Waals surface area contributed by atoms with Gasteiger partial charge in [-0.1, -0.05) is 85.9 Å². The molecular formula is C26H20Cl2Zr+2. The minimum atomic E-state index is -0.826. The molecule has 5 rings (SSSR count). The van der Waals surface area contributed by atoms with Gasteiger partial charge in [0.2, 0.25) is 0 Å². The van der Waals surface area contributed by atoms with Crippen molar-refractivity contribution in [1.82, 2.24) is 0 Å². The number of allylic oxidation sites excluding steroid dienone is 8. The molecule has 140 valence electrons. The van der Waals surface area contributed by atoms with Gasteiger partial charge in [-0.05, 0) is 37.2 Å². The Kier molecular flexibility index (Phi) is 7.42. The van der Waals surface area contributed by atoms with Crippen molar-refractivity contribution in [2.24, 2.45) is 0 Å². The van der Waals surface area contributed by atoms with E-state index in [1.807, 2.05) is 0 Å². The molecule has 0 saturated heterocycles. The van der Waals surface area contributed by atoms with E-state index in [1.54, 1.807) is 0 Å².